The van der Waals surface area contributed by atoms with Crippen molar-refractivity contribution in [2.24, 2.45) is 11.7 Å². The number of aliphatic hydroxyl groups is 1. The van der Waals surface area contributed by atoms with Gasteiger partial charge in [-0.2, -0.15) is 0 Å². The summed E-state index contributed by atoms with van der Waals surface area (Å²) in [5.74, 6) is -1.58. The van der Waals surface area contributed by atoms with Gasteiger partial charge in [-0.15, -0.1) is 0 Å². The molecule has 0 spiro atoms. The number of carbonyl (C=O) groups excluding carboxylic acids is 3. The molecule has 2 heterocycles. The summed E-state index contributed by atoms with van der Waals surface area (Å²) in [6.45, 7) is 5.25. The topological polar surface area (TPSA) is 252 Å². The maximum atomic E-state index is 15.1. The van der Waals surface area contributed by atoms with E-state index in [4.69, 9.17) is 38.3 Å². The molecule has 0 radical (unpaired) electrons. The van der Waals surface area contributed by atoms with Crippen LogP contribution < -0.4 is 17.0 Å². The number of nitrogens with two attached hydrogens (primary N) is 1. The van der Waals surface area contributed by atoms with Gasteiger partial charge in [0.15, 0.2) is 17.9 Å². The molecule has 0 saturated carbocycles. The monoisotopic (exact) mass is 701 g/mol. The van der Waals surface area contributed by atoms with E-state index >= 15 is 4.39 Å². The number of nitrogens with one attached hydrogen (secondary N) is 1. The minimum absolute atomic E-state index is 0.477. The number of hydrogen-bond acceptors (Lipinski definition) is 17. The molecule has 1 aromatic heterocycles. The van der Waals surface area contributed by atoms with Crippen molar-refractivity contribution >= 4 is 26.1 Å². The molecule has 47 heavy (non-hydrogen) atoms. The first-order valence-electron chi connectivity index (χ1n) is 14.2. The number of hydrogen-bond donors (Lipinski definition) is 3. The highest BCUT2D eigenvalue weighted by Crippen LogP contribution is 2.53. The molecule has 0 aromatic carbocycles. The molecule has 1 aromatic rings. The van der Waals surface area contributed by atoms with Crippen molar-refractivity contribution in [3.63, 3.8) is 0 Å². The molecule has 19 nitrogen and oxygen atoms in total. The maximum Gasteiger partial charge on any atom is 0.510 e. The van der Waals surface area contributed by atoms with Gasteiger partial charge in [0.1, 0.15) is 18.3 Å². The second-order valence-corrected chi connectivity index (χ2v) is 13.0. The summed E-state index contributed by atoms with van der Waals surface area (Å²) in [5, 5.41) is 11.6. The van der Waals surface area contributed by atoms with Crippen LogP contribution in [0.3, 0.4) is 0 Å². The van der Waals surface area contributed by atoms with Gasteiger partial charge < -0.3 is 39.3 Å². The largest absolute Gasteiger partial charge is 0.510 e. The number of alkyl halides is 1. The highest BCUT2D eigenvalue weighted by molar-refractivity contribution is 7.48. The van der Waals surface area contributed by atoms with Crippen molar-refractivity contribution in [2.45, 2.75) is 90.2 Å². The van der Waals surface area contributed by atoms with Gasteiger partial charge in [0.05, 0.1) is 18.8 Å². The summed E-state index contributed by atoms with van der Waals surface area (Å²) < 4.78 is 74.7. The van der Waals surface area contributed by atoms with Crippen LogP contribution in [0.2, 0.25) is 0 Å². The minimum atomic E-state index is -5.03. The van der Waals surface area contributed by atoms with Crippen molar-refractivity contribution in [2.75, 3.05) is 26.9 Å². The molecule has 268 valence electrons. The number of aromatic amines is 1. The number of esters is 1. The van der Waals surface area contributed by atoms with E-state index in [9.17, 15) is 33.6 Å². The average molecular weight is 702 g/mol. The van der Waals surface area contributed by atoms with Crippen molar-refractivity contribution in [3.05, 3.63) is 33.1 Å². The average Bonchev–Trinajstić information content (AvgIpc) is 3.17. The molecule has 0 aliphatic carbocycles. The number of nitrogens with zero attached hydrogens (tertiary/aromatic N) is 1. The number of aromatic nitrogens is 2. The quantitative estimate of drug-likeness (QED) is 0.0958. The summed E-state index contributed by atoms with van der Waals surface area (Å²) in [5.41, 5.74) is -0.993. The molecule has 1 aliphatic rings. The van der Waals surface area contributed by atoms with E-state index < -0.39 is 112 Å². The van der Waals surface area contributed by atoms with E-state index in [0.717, 1.165) is 19.2 Å². The van der Waals surface area contributed by atoms with Crippen LogP contribution >= 0.6 is 7.82 Å². The van der Waals surface area contributed by atoms with E-state index in [1.165, 1.54) is 27.7 Å². The second kappa shape index (κ2) is 16.6. The Morgan fingerprint density at radius 3 is 2.02 bits per heavy atom. The van der Waals surface area contributed by atoms with Crippen molar-refractivity contribution < 1.29 is 70.4 Å². The normalized spacial score (nSPS) is 23.5. The Balaban J connectivity index is 2.46. The zero-order valence-corrected chi connectivity index (χ0v) is 27.8. The van der Waals surface area contributed by atoms with E-state index in [-0.39, 0.29) is 0 Å². The molecule has 1 aliphatic heterocycles. The predicted molar refractivity (Wildman–Crippen MR) is 154 cm³/mol. The second-order valence-electron chi connectivity index (χ2n) is 11.3. The van der Waals surface area contributed by atoms with Crippen LogP contribution in [-0.4, -0.2) is 95.4 Å². The van der Waals surface area contributed by atoms with Crippen LogP contribution in [-0.2, 0) is 51.4 Å². The summed E-state index contributed by atoms with van der Waals surface area (Å²) >= 11 is 0. The Morgan fingerprint density at radius 2 is 1.57 bits per heavy atom. The first-order chi connectivity index (χ1) is 21.8. The molecular formula is C26H41FN3O16P. The van der Waals surface area contributed by atoms with Crippen molar-refractivity contribution in [1.82, 2.24) is 9.55 Å². The molecule has 0 amide bonds. The van der Waals surface area contributed by atoms with Crippen molar-refractivity contribution in [1.29, 1.82) is 0 Å². The van der Waals surface area contributed by atoms with E-state index in [1.54, 1.807) is 13.8 Å². The molecule has 5 atom stereocenters. The number of H-pyrrole nitrogens is 1. The molecule has 21 heteroatoms. The fraction of sp³-hybridized carbons (Fsp3) is 0.731. The lowest BCUT2D eigenvalue weighted by Crippen LogP contribution is -2.57. The molecule has 1 fully saturated rings. The third-order valence-corrected chi connectivity index (χ3v) is 7.60. The maximum absolute atomic E-state index is 15.1. The Morgan fingerprint density at radius 1 is 1.04 bits per heavy atom. The number of phosphoric acid groups is 1. The third-order valence-electron chi connectivity index (χ3n) is 6.32. The summed E-state index contributed by atoms with van der Waals surface area (Å²) in [7, 11) is -5.03. The van der Waals surface area contributed by atoms with Crippen LogP contribution in [0.15, 0.2) is 21.9 Å². The summed E-state index contributed by atoms with van der Waals surface area (Å²) in [6.07, 6.45) is -6.59. The Hall–Kier alpha value is -3.39. The lowest BCUT2D eigenvalue weighted by Gasteiger charge is -2.35. The number of phosphoric ester groups is 1. The Labute approximate surface area is 268 Å². The smallest absolute Gasteiger partial charge is 0.455 e. The third kappa shape index (κ3) is 10.8. The number of carbonyl (C=O) groups is 3. The van der Waals surface area contributed by atoms with Gasteiger partial charge in [0, 0.05) is 12.3 Å². The van der Waals surface area contributed by atoms with Gasteiger partial charge >= 0.3 is 31.8 Å². The fourth-order valence-electron chi connectivity index (χ4n) is 3.99. The summed E-state index contributed by atoms with van der Waals surface area (Å²) in [4.78, 5) is 62.7. The standard InChI is InChI=1S/C26H41FN3O16P/c1-14(2)18(28)19(32)45-20-25(7,36)21(30-9-8-17(31)29-22(30)33)46-26(20,10-27)11-40-47(37,41-12-38-23(34)43-15(3)4)42-13-39-24(35)44-16(5)6/h8-9,14-16,18,20-21,36H,10-13,28H2,1-7H3,(H,29,31,33)/t18?,20-,21?,25+,26+/m0/s1. The van der Waals surface area contributed by atoms with E-state index in [2.05, 4.69) is 9.47 Å². The zero-order valence-electron chi connectivity index (χ0n) is 26.9. The van der Waals surface area contributed by atoms with Crippen LogP contribution in [0, 0.1) is 5.92 Å². The first-order valence-corrected chi connectivity index (χ1v) is 15.7. The minimum Gasteiger partial charge on any atom is -0.455 e. The van der Waals surface area contributed by atoms with Gasteiger partial charge in [-0.05, 0) is 40.5 Å². The lowest BCUT2D eigenvalue weighted by atomic mass is 9.88. The van der Waals surface area contributed by atoms with Gasteiger partial charge in [-0.25, -0.2) is 32.4 Å². The number of halogens is 1. The molecule has 0 bridgehead atoms. The lowest BCUT2D eigenvalue weighted by molar-refractivity contribution is -0.178. The number of rotatable bonds is 16. The fourth-order valence-corrected chi connectivity index (χ4v) is 4.95. The van der Waals surface area contributed by atoms with E-state index in [0.29, 0.717) is 4.57 Å². The first kappa shape index (κ1) is 39.8. The molecule has 1 saturated heterocycles. The van der Waals surface area contributed by atoms with Gasteiger partial charge in [0.25, 0.3) is 5.56 Å². The van der Waals surface area contributed by atoms with Crippen LogP contribution in [0.5, 0.6) is 0 Å². The highest BCUT2D eigenvalue weighted by Gasteiger charge is 2.65. The van der Waals surface area contributed by atoms with Gasteiger partial charge in [-0.1, -0.05) is 13.8 Å². The van der Waals surface area contributed by atoms with Gasteiger partial charge in [0.2, 0.25) is 13.6 Å². The zero-order chi connectivity index (χ0) is 35.7. The Bertz CT molecular complexity index is 1370. The van der Waals surface area contributed by atoms with Crippen LogP contribution in [0.4, 0.5) is 14.0 Å². The van der Waals surface area contributed by atoms with Crippen molar-refractivity contribution in [3.8, 4) is 0 Å². The number of ether oxygens (including phenoxy) is 6. The molecule has 2 unspecified atom stereocenters. The predicted octanol–water partition coefficient (Wildman–Crippen LogP) is 1.62. The van der Waals surface area contributed by atoms with Crippen LogP contribution in [0.1, 0.15) is 54.7 Å². The molecule has 4 N–H and O–H groups in total. The van der Waals surface area contributed by atoms with E-state index in [1.807, 2.05) is 4.98 Å². The van der Waals surface area contributed by atoms with Gasteiger partial charge in [-0.3, -0.25) is 23.7 Å². The SMILES string of the molecule is CC(C)OC(=O)OCOP(=O)(OCOC(=O)OC(C)C)OC[C@@]1(CF)OC(n2ccc(=O)[nH]c2=O)[C@](C)(O)[C@@H]1OC(=O)C(N)C(C)C. The Kier molecular flexibility index (Phi) is 14.1. The molecular weight excluding hydrogens is 660 g/mol. The van der Waals surface area contributed by atoms with Crippen LogP contribution in [0.25, 0.3) is 0 Å². The summed E-state index contributed by atoms with van der Waals surface area (Å²) in [6, 6.07) is -0.352. The molecule has 2 rings (SSSR count). The highest BCUT2D eigenvalue weighted by atomic mass is 31.2.